The average molecular weight is 365 g/mol. The third-order valence-electron chi connectivity index (χ3n) is 3.09. The Hall–Kier alpha value is -1.40. The van der Waals surface area contributed by atoms with Gasteiger partial charge in [0.2, 0.25) is 0 Å². The number of nitrogens with one attached hydrogen (secondary N) is 1. The number of halogens is 1. The number of hydrogen-bond donors (Lipinski definition) is 1. The van der Waals surface area contributed by atoms with Gasteiger partial charge in [-0.1, -0.05) is 6.07 Å². The summed E-state index contributed by atoms with van der Waals surface area (Å²) in [5.41, 5.74) is 3.83. The molecule has 1 aliphatic rings. The van der Waals surface area contributed by atoms with E-state index in [0.29, 0.717) is 18.8 Å². The third kappa shape index (κ3) is 2.79. The fourth-order valence-corrected chi connectivity index (χ4v) is 2.41. The summed E-state index contributed by atoms with van der Waals surface area (Å²) in [7, 11) is 0. The maximum Gasteiger partial charge on any atom is 0.255 e. The second-order valence-electron chi connectivity index (χ2n) is 4.44. The molecule has 3 nitrogen and oxygen atoms in total. The van der Waals surface area contributed by atoms with E-state index in [2.05, 4.69) is 27.9 Å². The van der Waals surface area contributed by atoms with Crippen LogP contribution in [0.25, 0.3) is 0 Å². The molecule has 0 saturated carbocycles. The lowest BCUT2D eigenvalue weighted by molar-refractivity contribution is 0.102. The summed E-state index contributed by atoms with van der Waals surface area (Å²) in [4.78, 5) is 12.1. The van der Waals surface area contributed by atoms with Gasteiger partial charge in [0, 0.05) is 14.8 Å². The molecule has 0 spiro atoms. The van der Waals surface area contributed by atoms with Crippen molar-refractivity contribution >= 4 is 34.2 Å². The maximum absolute atomic E-state index is 12.1. The van der Waals surface area contributed by atoms with Gasteiger partial charge in [0.05, 0.1) is 13.2 Å². The number of anilines is 1. The second-order valence-corrected chi connectivity index (χ2v) is 5.68. The standard InChI is InChI=1S/C15H12INO2/c16-13-4-1-10(2-5-13)15(18)17-14-6-3-11-8-19-9-12(11)7-14/h1-7H,8-9H2,(H,17,18). The highest BCUT2D eigenvalue weighted by Gasteiger charge is 2.12. The Bertz CT molecular complexity index is 623. The van der Waals surface area contributed by atoms with Crippen LogP contribution in [0.5, 0.6) is 0 Å². The zero-order valence-corrected chi connectivity index (χ0v) is 12.3. The Morgan fingerprint density at radius 3 is 2.58 bits per heavy atom. The van der Waals surface area contributed by atoms with E-state index >= 15 is 0 Å². The van der Waals surface area contributed by atoms with Crippen LogP contribution in [-0.2, 0) is 18.0 Å². The molecule has 19 heavy (non-hydrogen) atoms. The fraction of sp³-hybridized carbons (Fsp3) is 0.133. The van der Waals surface area contributed by atoms with Gasteiger partial charge in [-0.25, -0.2) is 0 Å². The summed E-state index contributed by atoms with van der Waals surface area (Å²) in [6.07, 6.45) is 0. The number of benzene rings is 2. The molecule has 1 N–H and O–H groups in total. The third-order valence-corrected chi connectivity index (χ3v) is 3.80. The minimum atomic E-state index is -0.0877. The topological polar surface area (TPSA) is 38.3 Å². The zero-order chi connectivity index (χ0) is 13.2. The van der Waals surface area contributed by atoms with Crippen LogP contribution in [0.4, 0.5) is 5.69 Å². The first-order chi connectivity index (χ1) is 9.22. The smallest absolute Gasteiger partial charge is 0.255 e. The molecule has 1 heterocycles. The van der Waals surface area contributed by atoms with Gasteiger partial charge in [0.25, 0.3) is 5.91 Å². The molecular weight excluding hydrogens is 353 g/mol. The lowest BCUT2D eigenvalue weighted by Gasteiger charge is -2.07. The first-order valence-electron chi connectivity index (χ1n) is 5.99. The van der Waals surface area contributed by atoms with E-state index < -0.39 is 0 Å². The number of carbonyl (C=O) groups excluding carboxylic acids is 1. The molecule has 1 aliphatic heterocycles. The summed E-state index contributed by atoms with van der Waals surface area (Å²) >= 11 is 2.22. The molecule has 0 saturated heterocycles. The molecule has 0 aliphatic carbocycles. The van der Waals surface area contributed by atoms with Crippen LogP contribution in [0.3, 0.4) is 0 Å². The summed E-state index contributed by atoms with van der Waals surface area (Å²) < 4.78 is 6.47. The number of carbonyl (C=O) groups is 1. The molecule has 96 valence electrons. The van der Waals surface area contributed by atoms with Crippen LogP contribution in [0.15, 0.2) is 42.5 Å². The number of ether oxygens (including phenoxy) is 1. The van der Waals surface area contributed by atoms with Crippen LogP contribution in [-0.4, -0.2) is 5.91 Å². The summed E-state index contributed by atoms with van der Waals surface area (Å²) in [5, 5.41) is 2.91. The Morgan fingerprint density at radius 1 is 1.05 bits per heavy atom. The van der Waals surface area contributed by atoms with Crippen LogP contribution >= 0.6 is 22.6 Å². The minimum absolute atomic E-state index is 0.0877. The fourth-order valence-electron chi connectivity index (χ4n) is 2.05. The van der Waals surface area contributed by atoms with Crippen molar-refractivity contribution in [2.24, 2.45) is 0 Å². The van der Waals surface area contributed by atoms with E-state index in [4.69, 9.17) is 4.74 Å². The highest BCUT2D eigenvalue weighted by atomic mass is 127. The molecule has 0 bridgehead atoms. The molecule has 4 heteroatoms. The zero-order valence-electron chi connectivity index (χ0n) is 10.2. The van der Waals surface area contributed by atoms with E-state index in [1.165, 1.54) is 5.56 Å². The first-order valence-corrected chi connectivity index (χ1v) is 7.07. The molecule has 2 aromatic carbocycles. The van der Waals surface area contributed by atoms with Gasteiger partial charge >= 0.3 is 0 Å². The van der Waals surface area contributed by atoms with Crippen molar-refractivity contribution < 1.29 is 9.53 Å². The number of hydrogen-bond acceptors (Lipinski definition) is 2. The SMILES string of the molecule is O=C(Nc1ccc2c(c1)COC2)c1ccc(I)cc1. The van der Waals surface area contributed by atoms with E-state index in [0.717, 1.165) is 14.8 Å². The van der Waals surface area contributed by atoms with Crippen LogP contribution in [0.1, 0.15) is 21.5 Å². The van der Waals surface area contributed by atoms with Gasteiger partial charge in [-0.15, -0.1) is 0 Å². The largest absolute Gasteiger partial charge is 0.372 e. The lowest BCUT2D eigenvalue weighted by atomic mass is 10.1. The monoisotopic (exact) mass is 365 g/mol. The molecular formula is C15H12INO2. The highest BCUT2D eigenvalue weighted by molar-refractivity contribution is 14.1. The summed E-state index contributed by atoms with van der Waals surface area (Å²) in [6.45, 7) is 1.29. The van der Waals surface area contributed by atoms with Crippen molar-refractivity contribution in [3.63, 3.8) is 0 Å². The van der Waals surface area contributed by atoms with Gasteiger partial charge in [0.1, 0.15) is 0 Å². The first kappa shape index (κ1) is 12.6. The van der Waals surface area contributed by atoms with E-state index in [1.54, 1.807) is 0 Å². The number of amides is 1. The predicted octanol–water partition coefficient (Wildman–Crippen LogP) is 3.57. The quantitative estimate of drug-likeness (QED) is 0.827. The van der Waals surface area contributed by atoms with Gasteiger partial charge in [0.15, 0.2) is 0 Å². The Balaban J connectivity index is 1.77. The van der Waals surface area contributed by atoms with Gasteiger partial charge in [-0.05, 0) is 70.1 Å². The Kier molecular flexibility index (Phi) is 3.52. The van der Waals surface area contributed by atoms with E-state index in [-0.39, 0.29) is 5.91 Å². The van der Waals surface area contributed by atoms with Crippen molar-refractivity contribution in [1.29, 1.82) is 0 Å². The molecule has 2 aromatic rings. The Morgan fingerprint density at radius 2 is 1.79 bits per heavy atom. The van der Waals surface area contributed by atoms with Crippen LogP contribution in [0, 0.1) is 3.57 Å². The summed E-state index contributed by atoms with van der Waals surface area (Å²) in [5.74, 6) is -0.0877. The molecule has 0 unspecified atom stereocenters. The molecule has 0 atom stereocenters. The molecule has 0 aromatic heterocycles. The van der Waals surface area contributed by atoms with E-state index in [9.17, 15) is 4.79 Å². The average Bonchev–Trinajstić information content (AvgIpc) is 2.87. The number of fused-ring (bicyclic) bond motifs is 1. The van der Waals surface area contributed by atoms with Crippen molar-refractivity contribution in [2.45, 2.75) is 13.2 Å². The van der Waals surface area contributed by atoms with Crippen molar-refractivity contribution in [1.82, 2.24) is 0 Å². The summed E-state index contributed by atoms with van der Waals surface area (Å²) in [6, 6.07) is 13.4. The second kappa shape index (κ2) is 5.30. The normalized spacial score (nSPS) is 13.1. The minimum Gasteiger partial charge on any atom is -0.372 e. The highest BCUT2D eigenvalue weighted by Crippen LogP contribution is 2.23. The van der Waals surface area contributed by atoms with Gasteiger partial charge < -0.3 is 10.1 Å². The molecule has 1 amide bonds. The van der Waals surface area contributed by atoms with Gasteiger partial charge in [-0.2, -0.15) is 0 Å². The maximum atomic E-state index is 12.1. The number of rotatable bonds is 2. The lowest BCUT2D eigenvalue weighted by Crippen LogP contribution is -2.11. The van der Waals surface area contributed by atoms with Crippen molar-refractivity contribution in [3.8, 4) is 0 Å². The molecule has 0 fully saturated rings. The van der Waals surface area contributed by atoms with Crippen molar-refractivity contribution in [2.75, 3.05) is 5.32 Å². The van der Waals surface area contributed by atoms with Gasteiger partial charge in [-0.3, -0.25) is 4.79 Å². The Labute approximate surface area is 125 Å². The molecule has 3 rings (SSSR count). The van der Waals surface area contributed by atoms with Crippen LogP contribution in [0.2, 0.25) is 0 Å². The predicted molar refractivity (Wildman–Crippen MR) is 82.0 cm³/mol. The molecule has 0 radical (unpaired) electrons. The van der Waals surface area contributed by atoms with E-state index in [1.807, 2.05) is 42.5 Å². The van der Waals surface area contributed by atoms with Crippen LogP contribution < -0.4 is 5.32 Å². The van der Waals surface area contributed by atoms with Crippen molar-refractivity contribution in [3.05, 3.63) is 62.7 Å².